The molecular formula is C11H13ClO. The molecule has 2 heteroatoms. The average molecular weight is 197 g/mol. The number of para-hydroxylation sites is 1. The second-order valence-electron chi connectivity index (χ2n) is 2.67. The highest BCUT2D eigenvalue weighted by molar-refractivity contribution is 6.17. The Morgan fingerprint density at radius 1 is 1.38 bits per heavy atom. The maximum absolute atomic E-state index is 5.74. The fourth-order valence-corrected chi connectivity index (χ4v) is 1.23. The van der Waals surface area contributed by atoms with Crippen molar-refractivity contribution >= 4 is 11.6 Å². The number of alkyl halides is 1. The van der Waals surface area contributed by atoms with E-state index in [9.17, 15) is 0 Å². The highest BCUT2D eigenvalue weighted by Crippen LogP contribution is 2.19. The molecule has 0 unspecified atom stereocenters. The van der Waals surface area contributed by atoms with Gasteiger partial charge in [0.1, 0.15) is 5.75 Å². The first kappa shape index (κ1) is 10.1. The molecule has 0 amide bonds. The minimum atomic E-state index is 0.490. The molecule has 1 aromatic rings. The SMILES string of the molecule is C=CCCOc1ccccc1CCl. The van der Waals surface area contributed by atoms with Crippen LogP contribution in [0, 0.1) is 0 Å². The molecule has 0 aliphatic heterocycles. The van der Waals surface area contributed by atoms with Gasteiger partial charge in [0.2, 0.25) is 0 Å². The van der Waals surface area contributed by atoms with E-state index in [1.54, 1.807) is 0 Å². The van der Waals surface area contributed by atoms with Gasteiger partial charge in [-0.15, -0.1) is 18.2 Å². The van der Waals surface area contributed by atoms with Crippen molar-refractivity contribution in [3.8, 4) is 5.75 Å². The lowest BCUT2D eigenvalue weighted by molar-refractivity contribution is 0.322. The number of ether oxygens (including phenoxy) is 1. The molecule has 0 aliphatic rings. The Labute approximate surface area is 84.0 Å². The fourth-order valence-electron chi connectivity index (χ4n) is 1.01. The Kier molecular flexibility index (Phi) is 4.41. The topological polar surface area (TPSA) is 9.23 Å². The molecule has 0 radical (unpaired) electrons. The van der Waals surface area contributed by atoms with Gasteiger partial charge in [-0.2, -0.15) is 0 Å². The summed E-state index contributed by atoms with van der Waals surface area (Å²) in [5.74, 6) is 1.36. The number of hydrogen-bond acceptors (Lipinski definition) is 1. The van der Waals surface area contributed by atoms with Gasteiger partial charge >= 0.3 is 0 Å². The standard InChI is InChI=1S/C11H13ClO/c1-2-3-8-13-11-7-5-4-6-10(11)9-12/h2,4-7H,1,3,8-9H2. The van der Waals surface area contributed by atoms with E-state index in [0.717, 1.165) is 17.7 Å². The van der Waals surface area contributed by atoms with Crippen molar-refractivity contribution in [3.63, 3.8) is 0 Å². The quantitative estimate of drug-likeness (QED) is 0.399. The maximum Gasteiger partial charge on any atom is 0.123 e. The Morgan fingerprint density at radius 3 is 2.85 bits per heavy atom. The molecule has 70 valence electrons. The van der Waals surface area contributed by atoms with Crippen molar-refractivity contribution in [2.45, 2.75) is 12.3 Å². The number of benzene rings is 1. The van der Waals surface area contributed by atoms with Gasteiger partial charge in [-0.25, -0.2) is 0 Å². The lowest BCUT2D eigenvalue weighted by Gasteiger charge is -2.07. The van der Waals surface area contributed by atoms with Crippen molar-refractivity contribution in [3.05, 3.63) is 42.5 Å². The Hall–Kier alpha value is -0.950. The summed E-state index contributed by atoms with van der Waals surface area (Å²) in [4.78, 5) is 0. The van der Waals surface area contributed by atoms with Gasteiger partial charge in [0.15, 0.2) is 0 Å². The van der Waals surface area contributed by atoms with Crippen LogP contribution in [0.5, 0.6) is 5.75 Å². The zero-order chi connectivity index (χ0) is 9.52. The molecule has 0 saturated carbocycles. The van der Waals surface area contributed by atoms with Crippen LogP contribution in [-0.4, -0.2) is 6.61 Å². The van der Waals surface area contributed by atoms with Crippen molar-refractivity contribution in [1.29, 1.82) is 0 Å². The van der Waals surface area contributed by atoms with Crippen LogP contribution in [0.25, 0.3) is 0 Å². The minimum absolute atomic E-state index is 0.490. The molecule has 1 aromatic carbocycles. The van der Waals surface area contributed by atoms with Gasteiger partial charge in [0.25, 0.3) is 0 Å². The van der Waals surface area contributed by atoms with Gasteiger partial charge in [-0.3, -0.25) is 0 Å². The lowest BCUT2D eigenvalue weighted by atomic mass is 10.2. The van der Waals surface area contributed by atoms with Crippen molar-refractivity contribution in [1.82, 2.24) is 0 Å². The van der Waals surface area contributed by atoms with Crippen LogP contribution < -0.4 is 4.74 Å². The van der Waals surface area contributed by atoms with Crippen LogP contribution in [0.2, 0.25) is 0 Å². The summed E-state index contributed by atoms with van der Waals surface area (Å²) in [6.45, 7) is 4.29. The van der Waals surface area contributed by atoms with Crippen LogP contribution in [0.3, 0.4) is 0 Å². The molecule has 0 atom stereocenters. The zero-order valence-corrected chi connectivity index (χ0v) is 8.26. The smallest absolute Gasteiger partial charge is 0.123 e. The van der Waals surface area contributed by atoms with Crippen LogP contribution in [0.1, 0.15) is 12.0 Å². The predicted molar refractivity (Wildman–Crippen MR) is 56.3 cm³/mol. The summed E-state index contributed by atoms with van der Waals surface area (Å²) in [5, 5.41) is 0. The van der Waals surface area contributed by atoms with E-state index < -0.39 is 0 Å². The maximum atomic E-state index is 5.74. The van der Waals surface area contributed by atoms with Gasteiger partial charge in [0.05, 0.1) is 12.5 Å². The first-order valence-corrected chi connectivity index (χ1v) is 4.79. The molecule has 13 heavy (non-hydrogen) atoms. The van der Waals surface area contributed by atoms with E-state index >= 15 is 0 Å². The molecule has 0 bridgehead atoms. The second kappa shape index (κ2) is 5.65. The largest absolute Gasteiger partial charge is 0.493 e. The molecule has 0 aromatic heterocycles. The molecule has 0 fully saturated rings. The Balaban J connectivity index is 2.58. The Morgan fingerprint density at radius 2 is 2.15 bits per heavy atom. The van der Waals surface area contributed by atoms with Gasteiger partial charge < -0.3 is 4.74 Å². The van der Waals surface area contributed by atoms with E-state index in [1.165, 1.54) is 0 Å². The molecule has 0 N–H and O–H groups in total. The number of halogens is 1. The summed E-state index contributed by atoms with van der Waals surface area (Å²) in [5.41, 5.74) is 1.04. The third kappa shape index (κ3) is 3.11. The van der Waals surface area contributed by atoms with Gasteiger partial charge in [0, 0.05) is 5.56 Å². The van der Waals surface area contributed by atoms with Crippen LogP contribution in [-0.2, 0) is 5.88 Å². The normalized spacial score (nSPS) is 9.62. The molecule has 0 aliphatic carbocycles. The third-order valence-electron chi connectivity index (χ3n) is 1.70. The van der Waals surface area contributed by atoms with E-state index in [-0.39, 0.29) is 0 Å². The summed E-state index contributed by atoms with van der Waals surface area (Å²) >= 11 is 5.74. The van der Waals surface area contributed by atoms with Gasteiger partial charge in [-0.1, -0.05) is 24.3 Å². The van der Waals surface area contributed by atoms with E-state index in [2.05, 4.69) is 6.58 Å². The summed E-state index contributed by atoms with van der Waals surface area (Å²) < 4.78 is 5.51. The fraction of sp³-hybridized carbons (Fsp3) is 0.273. The highest BCUT2D eigenvalue weighted by atomic mass is 35.5. The predicted octanol–water partition coefficient (Wildman–Crippen LogP) is 3.38. The molecular weight excluding hydrogens is 184 g/mol. The molecule has 0 heterocycles. The number of rotatable bonds is 5. The third-order valence-corrected chi connectivity index (χ3v) is 1.98. The van der Waals surface area contributed by atoms with E-state index in [4.69, 9.17) is 16.3 Å². The van der Waals surface area contributed by atoms with Crippen LogP contribution >= 0.6 is 11.6 Å². The van der Waals surface area contributed by atoms with Crippen molar-refractivity contribution in [2.24, 2.45) is 0 Å². The average Bonchev–Trinajstić information content (AvgIpc) is 2.19. The monoisotopic (exact) mass is 196 g/mol. The molecule has 1 nitrogen and oxygen atoms in total. The highest BCUT2D eigenvalue weighted by Gasteiger charge is 1.99. The molecule has 1 rings (SSSR count). The zero-order valence-electron chi connectivity index (χ0n) is 7.50. The van der Waals surface area contributed by atoms with Crippen molar-refractivity contribution < 1.29 is 4.74 Å². The minimum Gasteiger partial charge on any atom is -0.493 e. The van der Waals surface area contributed by atoms with Crippen LogP contribution in [0.15, 0.2) is 36.9 Å². The number of hydrogen-bond donors (Lipinski definition) is 0. The van der Waals surface area contributed by atoms with E-state index in [0.29, 0.717) is 12.5 Å². The summed E-state index contributed by atoms with van der Waals surface area (Å²) in [6, 6.07) is 7.80. The van der Waals surface area contributed by atoms with Gasteiger partial charge in [-0.05, 0) is 12.5 Å². The summed E-state index contributed by atoms with van der Waals surface area (Å²) in [7, 11) is 0. The van der Waals surface area contributed by atoms with E-state index in [1.807, 2.05) is 30.3 Å². The molecule has 0 spiro atoms. The van der Waals surface area contributed by atoms with Crippen molar-refractivity contribution in [2.75, 3.05) is 6.61 Å². The first-order valence-electron chi connectivity index (χ1n) is 4.26. The van der Waals surface area contributed by atoms with Crippen LogP contribution in [0.4, 0.5) is 0 Å². The summed E-state index contributed by atoms with van der Waals surface area (Å²) in [6.07, 6.45) is 2.69. The molecule has 0 saturated heterocycles. The second-order valence-corrected chi connectivity index (χ2v) is 2.93. The first-order chi connectivity index (χ1) is 6.38. The lowest BCUT2D eigenvalue weighted by Crippen LogP contribution is -1.97. The Bertz CT molecular complexity index is 271.